The monoisotopic (exact) mass is 326 g/mol. The number of benzene rings is 1. The molecule has 2 rings (SSSR count). The van der Waals surface area contributed by atoms with E-state index in [4.69, 9.17) is 0 Å². The summed E-state index contributed by atoms with van der Waals surface area (Å²) in [6, 6.07) is 6.24. The first-order valence-corrected chi connectivity index (χ1v) is 7.91. The topological polar surface area (TPSA) is 35.5 Å². The van der Waals surface area contributed by atoms with Gasteiger partial charge in [0.1, 0.15) is 5.75 Å². The lowest BCUT2D eigenvalue weighted by molar-refractivity contribution is 0.224. The Morgan fingerprint density at radius 1 is 1.42 bits per heavy atom. The summed E-state index contributed by atoms with van der Waals surface area (Å²) in [5.41, 5.74) is 0.993. The van der Waals surface area contributed by atoms with Crippen LogP contribution in [0.4, 0.5) is 0 Å². The van der Waals surface area contributed by atoms with E-state index in [-0.39, 0.29) is 0 Å². The summed E-state index contributed by atoms with van der Waals surface area (Å²) in [6.07, 6.45) is 3.90. The maximum atomic E-state index is 9.92. The van der Waals surface area contributed by atoms with Crippen LogP contribution < -0.4 is 5.32 Å². The van der Waals surface area contributed by atoms with Gasteiger partial charge < -0.3 is 10.4 Å². The molecule has 0 aliphatic carbocycles. The van der Waals surface area contributed by atoms with Crippen LogP contribution in [0.3, 0.4) is 0 Å². The zero-order chi connectivity index (χ0) is 13.7. The second-order valence-corrected chi connectivity index (χ2v) is 6.16. The molecule has 0 bridgehead atoms. The molecular formula is C15H23BrN2O. The predicted octanol–water partition coefficient (Wildman–Crippen LogP) is 3.12. The maximum absolute atomic E-state index is 9.92. The minimum absolute atomic E-state index is 0.387. The van der Waals surface area contributed by atoms with E-state index in [1.165, 1.54) is 19.3 Å². The van der Waals surface area contributed by atoms with Crippen LogP contribution >= 0.6 is 15.9 Å². The van der Waals surface area contributed by atoms with Crippen LogP contribution in [-0.2, 0) is 6.54 Å². The first kappa shape index (κ1) is 14.8. The summed E-state index contributed by atoms with van der Waals surface area (Å²) in [7, 11) is 0. The highest BCUT2D eigenvalue weighted by molar-refractivity contribution is 9.10. The molecule has 0 spiro atoms. The fourth-order valence-corrected chi connectivity index (χ4v) is 3.03. The number of phenolic OH excluding ortho intramolecular Hbond substituents is 1. The van der Waals surface area contributed by atoms with Crippen LogP contribution in [0.2, 0.25) is 0 Å². The Kier molecular flexibility index (Phi) is 5.67. The largest absolute Gasteiger partial charge is 0.508 e. The minimum atomic E-state index is 0.387. The molecule has 1 aromatic carbocycles. The summed E-state index contributed by atoms with van der Waals surface area (Å²) < 4.78 is 1.02. The van der Waals surface area contributed by atoms with Gasteiger partial charge in [0.2, 0.25) is 0 Å². The van der Waals surface area contributed by atoms with Crippen molar-refractivity contribution in [3.63, 3.8) is 0 Å². The molecule has 4 heteroatoms. The molecular weight excluding hydrogens is 304 g/mol. The lowest BCUT2D eigenvalue weighted by atomic mass is 10.0. The lowest BCUT2D eigenvalue weighted by Gasteiger charge is -2.30. The number of hydrogen-bond donors (Lipinski definition) is 2. The fourth-order valence-electron chi connectivity index (χ4n) is 2.62. The minimum Gasteiger partial charge on any atom is -0.508 e. The van der Waals surface area contributed by atoms with Crippen LogP contribution in [0.25, 0.3) is 0 Å². The molecule has 1 atom stereocenters. The van der Waals surface area contributed by atoms with Gasteiger partial charge in [-0.3, -0.25) is 4.90 Å². The molecule has 2 N–H and O–H groups in total. The van der Waals surface area contributed by atoms with Crippen LogP contribution in [0, 0.1) is 0 Å². The van der Waals surface area contributed by atoms with E-state index in [1.54, 1.807) is 6.07 Å². The third-order valence-corrected chi connectivity index (χ3v) is 4.27. The zero-order valence-corrected chi connectivity index (χ0v) is 13.1. The number of piperidine rings is 1. The molecule has 1 aromatic rings. The molecule has 3 nitrogen and oxygen atoms in total. The third-order valence-electron chi connectivity index (χ3n) is 3.77. The predicted molar refractivity (Wildman–Crippen MR) is 82.4 cm³/mol. The standard InChI is InChI=1S/C15H23BrN2O/c1-2-18(11-14-5-3-4-8-17-14)10-12-9-13(16)6-7-15(12)19/h6-7,9,14,17,19H,2-5,8,10-11H2,1H3. The molecule has 106 valence electrons. The average Bonchev–Trinajstić information content (AvgIpc) is 2.43. The molecule has 1 unspecified atom stereocenters. The summed E-state index contributed by atoms with van der Waals surface area (Å²) in [4.78, 5) is 2.39. The highest BCUT2D eigenvalue weighted by Crippen LogP contribution is 2.23. The third kappa shape index (κ3) is 4.48. The molecule has 0 saturated carbocycles. The van der Waals surface area contributed by atoms with E-state index in [0.717, 1.165) is 36.2 Å². The second kappa shape index (κ2) is 7.27. The Morgan fingerprint density at radius 2 is 2.26 bits per heavy atom. The summed E-state index contributed by atoms with van der Waals surface area (Å²) >= 11 is 3.46. The van der Waals surface area contributed by atoms with Crippen molar-refractivity contribution in [2.75, 3.05) is 19.6 Å². The van der Waals surface area contributed by atoms with E-state index < -0.39 is 0 Å². The molecule has 1 fully saturated rings. The summed E-state index contributed by atoms with van der Waals surface area (Å²) in [5.74, 6) is 0.387. The van der Waals surface area contributed by atoms with Gasteiger partial charge in [0.15, 0.2) is 0 Å². The Labute approximate surface area is 124 Å². The molecule has 0 radical (unpaired) electrons. The Balaban J connectivity index is 1.95. The fraction of sp³-hybridized carbons (Fsp3) is 0.600. The van der Waals surface area contributed by atoms with Crippen molar-refractivity contribution in [1.82, 2.24) is 10.2 Å². The van der Waals surface area contributed by atoms with Gasteiger partial charge in [0, 0.05) is 29.2 Å². The number of likely N-dealkylation sites (N-methyl/N-ethyl adjacent to an activating group) is 1. The number of hydrogen-bond acceptors (Lipinski definition) is 3. The van der Waals surface area contributed by atoms with Crippen molar-refractivity contribution < 1.29 is 5.11 Å². The van der Waals surface area contributed by atoms with Crippen molar-refractivity contribution in [1.29, 1.82) is 0 Å². The molecule has 1 heterocycles. The van der Waals surface area contributed by atoms with Crippen LogP contribution in [-0.4, -0.2) is 35.7 Å². The highest BCUT2D eigenvalue weighted by atomic mass is 79.9. The van der Waals surface area contributed by atoms with E-state index in [1.807, 2.05) is 12.1 Å². The zero-order valence-electron chi connectivity index (χ0n) is 11.5. The van der Waals surface area contributed by atoms with E-state index in [2.05, 4.69) is 33.1 Å². The smallest absolute Gasteiger partial charge is 0.120 e. The normalized spacial score (nSPS) is 19.8. The molecule has 1 aliphatic heterocycles. The van der Waals surface area contributed by atoms with Gasteiger partial charge in [-0.15, -0.1) is 0 Å². The van der Waals surface area contributed by atoms with Gasteiger partial charge in [-0.2, -0.15) is 0 Å². The quantitative estimate of drug-likeness (QED) is 0.872. The first-order valence-electron chi connectivity index (χ1n) is 7.12. The van der Waals surface area contributed by atoms with Gasteiger partial charge >= 0.3 is 0 Å². The van der Waals surface area contributed by atoms with Gasteiger partial charge in [-0.1, -0.05) is 29.3 Å². The number of nitrogens with zero attached hydrogens (tertiary/aromatic N) is 1. The highest BCUT2D eigenvalue weighted by Gasteiger charge is 2.16. The SMILES string of the molecule is CCN(Cc1cc(Br)ccc1O)CC1CCCCN1. The maximum Gasteiger partial charge on any atom is 0.120 e. The number of phenols is 1. The Bertz CT molecular complexity index is 405. The molecule has 19 heavy (non-hydrogen) atoms. The summed E-state index contributed by atoms with van der Waals surface area (Å²) in [5, 5.41) is 13.5. The van der Waals surface area contributed by atoms with E-state index in [0.29, 0.717) is 11.8 Å². The van der Waals surface area contributed by atoms with Crippen molar-refractivity contribution in [3.8, 4) is 5.75 Å². The van der Waals surface area contributed by atoms with Crippen LogP contribution in [0.15, 0.2) is 22.7 Å². The summed E-state index contributed by atoms with van der Waals surface area (Å²) in [6.45, 7) is 6.19. The van der Waals surface area contributed by atoms with Crippen molar-refractivity contribution >= 4 is 15.9 Å². The molecule has 1 aliphatic rings. The van der Waals surface area contributed by atoms with Gasteiger partial charge in [0.05, 0.1) is 0 Å². The van der Waals surface area contributed by atoms with Gasteiger partial charge in [0.25, 0.3) is 0 Å². The Morgan fingerprint density at radius 3 is 2.95 bits per heavy atom. The number of halogens is 1. The van der Waals surface area contributed by atoms with Crippen LogP contribution in [0.5, 0.6) is 5.75 Å². The first-order chi connectivity index (χ1) is 9.19. The van der Waals surface area contributed by atoms with Gasteiger partial charge in [-0.05, 0) is 44.1 Å². The van der Waals surface area contributed by atoms with Crippen LogP contribution in [0.1, 0.15) is 31.7 Å². The molecule has 1 saturated heterocycles. The van der Waals surface area contributed by atoms with Gasteiger partial charge in [-0.25, -0.2) is 0 Å². The number of rotatable bonds is 5. The van der Waals surface area contributed by atoms with E-state index in [9.17, 15) is 5.11 Å². The van der Waals surface area contributed by atoms with Crippen molar-refractivity contribution in [3.05, 3.63) is 28.2 Å². The lowest BCUT2D eigenvalue weighted by Crippen LogP contribution is -2.43. The second-order valence-electron chi connectivity index (χ2n) is 5.25. The molecule has 0 amide bonds. The molecule has 0 aromatic heterocycles. The average molecular weight is 327 g/mol. The van der Waals surface area contributed by atoms with E-state index >= 15 is 0 Å². The number of aromatic hydroxyl groups is 1. The van der Waals surface area contributed by atoms with Crippen molar-refractivity contribution in [2.24, 2.45) is 0 Å². The van der Waals surface area contributed by atoms with Crippen molar-refractivity contribution in [2.45, 2.75) is 38.8 Å². The Hall–Kier alpha value is -0.580. The number of nitrogens with one attached hydrogen (secondary N) is 1.